The van der Waals surface area contributed by atoms with Crippen molar-refractivity contribution in [2.24, 2.45) is 5.41 Å². The molecule has 0 radical (unpaired) electrons. The number of anilines is 1. The summed E-state index contributed by atoms with van der Waals surface area (Å²) in [7, 11) is 0. The Morgan fingerprint density at radius 3 is 3.00 bits per heavy atom. The van der Waals surface area contributed by atoms with Crippen LogP contribution in [0.2, 0.25) is 5.02 Å². The lowest BCUT2D eigenvalue weighted by atomic mass is 9.83. The number of nitrogens with zero attached hydrogens (tertiary/aromatic N) is 1. The molecule has 1 unspecified atom stereocenters. The maximum atomic E-state index is 13.0. The van der Waals surface area contributed by atoms with Crippen LogP contribution >= 0.6 is 11.6 Å². The number of carbonyl (C=O) groups excluding carboxylic acids is 1. The van der Waals surface area contributed by atoms with E-state index in [1.807, 2.05) is 11.8 Å². The molecular formula is C15H20ClFN2O2. The Hall–Kier alpha value is -1.17. The maximum Gasteiger partial charge on any atom is 0.238 e. The van der Waals surface area contributed by atoms with Crippen molar-refractivity contribution in [2.45, 2.75) is 19.8 Å². The predicted molar refractivity (Wildman–Crippen MR) is 80.9 cm³/mol. The predicted octanol–water partition coefficient (Wildman–Crippen LogP) is 2.51. The molecule has 1 aromatic rings. The van der Waals surface area contributed by atoms with Gasteiger partial charge in [-0.25, -0.2) is 4.39 Å². The van der Waals surface area contributed by atoms with Gasteiger partial charge in [-0.05, 0) is 37.6 Å². The van der Waals surface area contributed by atoms with Crippen molar-refractivity contribution < 1.29 is 14.3 Å². The highest BCUT2D eigenvalue weighted by atomic mass is 35.5. The molecule has 21 heavy (non-hydrogen) atoms. The molecule has 6 heteroatoms. The van der Waals surface area contributed by atoms with Crippen molar-refractivity contribution in [3.05, 3.63) is 29.0 Å². The molecule has 0 aromatic heterocycles. The van der Waals surface area contributed by atoms with E-state index in [2.05, 4.69) is 5.32 Å². The number of carbonyl (C=O) groups is 1. The van der Waals surface area contributed by atoms with Gasteiger partial charge in [-0.15, -0.1) is 0 Å². The van der Waals surface area contributed by atoms with E-state index >= 15 is 0 Å². The lowest BCUT2D eigenvalue weighted by Gasteiger charge is -2.38. The molecule has 1 heterocycles. The van der Waals surface area contributed by atoms with Crippen LogP contribution in [-0.4, -0.2) is 42.2 Å². The van der Waals surface area contributed by atoms with Gasteiger partial charge in [0.1, 0.15) is 5.82 Å². The van der Waals surface area contributed by atoms with Gasteiger partial charge in [0.2, 0.25) is 5.91 Å². The summed E-state index contributed by atoms with van der Waals surface area (Å²) in [5.41, 5.74) is 0.261. The Bertz CT molecular complexity index is 526. The monoisotopic (exact) mass is 314 g/mol. The average molecular weight is 315 g/mol. The van der Waals surface area contributed by atoms with Gasteiger partial charge in [0.05, 0.1) is 17.3 Å². The van der Waals surface area contributed by atoms with E-state index in [0.717, 1.165) is 19.4 Å². The van der Waals surface area contributed by atoms with Crippen LogP contribution in [0.4, 0.5) is 10.1 Å². The van der Waals surface area contributed by atoms with Gasteiger partial charge >= 0.3 is 0 Å². The average Bonchev–Trinajstić information content (AvgIpc) is 2.42. The van der Waals surface area contributed by atoms with Crippen molar-refractivity contribution in [1.29, 1.82) is 0 Å². The van der Waals surface area contributed by atoms with E-state index in [9.17, 15) is 14.3 Å². The van der Waals surface area contributed by atoms with Crippen LogP contribution in [0.3, 0.4) is 0 Å². The van der Waals surface area contributed by atoms with Gasteiger partial charge in [0.15, 0.2) is 0 Å². The van der Waals surface area contributed by atoms with Gasteiger partial charge in [-0.3, -0.25) is 9.69 Å². The Kier molecular flexibility index (Phi) is 5.19. The summed E-state index contributed by atoms with van der Waals surface area (Å²) < 4.78 is 13.0. The van der Waals surface area contributed by atoms with E-state index in [1.54, 1.807) is 0 Å². The number of nitrogens with one attached hydrogen (secondary N) is 1. The minimum atomic E-state index is -0.437. The molecule has 1 fully saturated rings. The molecule has 1 atom stereocenters. The van der Waals surface area contributed by atoms with E-state index < -0.39 is 5.82 Å². The lowest BCUT2D eigenvalue weighted by molar-refractivity contribution is -0.118. The second-order valence-corrected chi connectivity index (χ2v) is 6.36. The summed E-state index contributed by atoms with van der Waals surface area (Å²) in [6, 6.07) is 3.87. The second kappa shape index (κ2) is 6.73. The van der Waals surface area contributed by atoms with Crippen molar-refractivity contribution in [2.75, 3.05) is 31.6 Å². The summed E-state index contributed by atoms with van der Waals surface area (Å²) in [6.07, 6.45) is 1.92. The summed E-state index contributed by atoms with van der Waals surface area (Å²) in [6.45, 7) is 3.90. The number of hydrogen-bond acceptors (Lipinski definition) is 3. The zero-order valence-electron chi connectivity index (χ0n) is 12.0. The number of likely N-dealkylation sites (tertiary alicyclic amines) is 1. The molecule has 1 saturated heterocycles. The summed E-state index contributed by atoms with van der Waals surface area (Å²) >= 11 is 5.88. The SMILES string of the molecule is CC1(CO)CCCN(CC(=O)Nc2ccc(F)cc2Cl)C1. The van der Waals surface area contributed by atoms with Crippen LogP contribution in [-0.2, 0) is 4.79 Å². The highest BCUT2D eigenvalue weighted by molar-refractivity contribution is 6.33. The maximum absolute atomic E-state index is 13.0. The number of benzene rings is 1. The van der Waals surface area contributed by atoms with Crippen LogP contribution in [0.25, 0.3) is 0 Å². The molecule has 1 aliphatic rings. The Labute approximate surface area is 128 Å². The van der Waals surface area contributed by atoms with Crippen LogP contribution in [0.5, 0.6) is 0 Å². The second-order valence-electron chi connectivity index (χ2n) is 5.96. The third kappa shape index (κ3) is 4.40. The van der Waals surface area contributed by atoms with Crippen LogP contribution < -0.4 is 5.32 Å². The molecule has 2 N–H and O–H groups in total. The van der Waals surface area contributed by atoms with Crippen molar-refractivity contribution in [3.63, 3.8) is 0 Å². The van der Waals surface area contributed by atoms with Crippen LogP contribution in [0, 0.1) is 11.2 Å². The first kappa shape index (κ1) is 16.2. The summed E-state index contributed by atoms with van der Waals surface area (Å²) in [5.74, 6) is -0.626. The number of aliphatic hydroxyl groups is 1. The van der Waals surface area contributed by atoms with Crippen LogP contribution in [0.15, 0.2) is 18.2 Å². The third-order valence-corrected chi connectivity index (χ3v) is 4.13. The van der Waals surface area contributed by atoms with Gasteiger partial charge in [0, 0.05) is 18.6 Å². The Morgan fingerprint density at radius 1 is 1.57 bits per heavy atom. The number of piperidine rings is 1. The normalized spacial score (nSPS) is 23.0. The zero-order chi connectivity index (χ0) is 15.5. The van der Waals surface area contributed by atoms with E-state index in [-0.39, 0.29) is 29.5 Å². The highest BCUT2D eigenvalue weighted by Crippen LogP contribution is 2.28. The number of hydrogen-bond donors (Lipinski definition) is 2. The molecule has 2 rings (SSSR count). The van der Waals surface area contributed by atoms with Crippen LogP contribution in [0.1, 0.15) is 19.8 Å². The Balaban J connectivity index is 1.92. The minimum Gasteiger partial charge on any atom is -0.396 e. The molecule has 1 amide bonds. The molecular weight excluding hydrogens is 295 g/mol. The molecule has 1 aromatic carbocycles. The molecule has 0 aliphatic carbocycles. The highest BCUT2D eigenvalue weighted by Gasteiger charge is 2.31. The molecule has 0 saturated carbocycles. The van der Waals surface area contributed by atoms with E-state index in [1.165, 1.54) is 18.2 Å². The molecule has 4 nitrogen and oxygen atoms in total. The van der Waals surface area contributed by atoms with Gasteiger partial charge in [0.25, 0.3) is 0 Å². The fraction of sp³-hybridized carbons (Fsp3) is 0.533. The molecule has 0 bridgehead atoms. The number of aliphatic hydroxyl groups excluding tert-OH is 1. The first-order chi connectivity index (χ1) is 9.92. The fourth-order valence-electron chi connectivity index (χ4n) is 2.68. The molecule has 1 aliphatic heterocycles. The molecule has 116 valence electrons. The number of rotatable bonds is 4. The largest absolute Gasteiger partial charge is 0.396 e. The standard InChI is InChI=1S/C15H20ClFN2O2/c1-15(10-20)5-2-6-19(9-15)8-14(21)18-13-4-3-11(17)7-12(13)16/h3-4,7,20H,2,5-6,8-10H2,1H3,(H,18,21). The Morgan fingerprint density at radius 2 is 2.33 bits per heavy atom. The van der Waals surface area contributed by atoms with E-state index in [0.29, 0.717) is 12.2 Å². The third-order valence-electron chi connectivity index (χ3n) is 3.81. The first-order valence-electron chi connectivity index (χ1n) is 7.00. The smallest absolute Gasteiger partial charge is 0.238 e. The lowest BCUT2D eigenvalue weighted by Crippen LogP contribution is -2.46. The zero-order valence-corrected chi connectivity index (χ0v) is 12.8. The fourth-order valence-corrected chi connectivity index (χ4v) is 2.89. The van der Waals surface area contributed by atoms with E-state index in [4.69, 9.17) is 11.6 Å². The number of amides is 1. The topological polar surface area (TPSA) is 52.6 Å². The van der Waals surface area contributed by atoms with Gasteiger partial charge < -0.3 is 10.4 Å². The van der Waals surface area contributed by atoms with Gasteiger partial charge in [-0.1, -0.05) is 18.5 Å². The van der Waals surface area contributed by atoms with Gasteiger partial charge in [-0.2, -0.15) is 0 Å². The molecule has 0 spiro atoms. The van der Waals surface area contributed by atoms with Crippen molar-refractivity contribution in [3.8, 4) is 0 Å². The first-order valence-corrected chi connectivity index (χ1v) is 7.38. The quantitative estimate of drug-likeness (QED) is 0.898. The summed E-state index contributed by atoms with van der Waals surface area (Å²) in [4.78, 5) is 14.1. The minimum absolute atomic E-state index is 0.120. The van der Waals surface area contributed by atoms with Crippen molar-refractivity contribution >= 4 is 23.2 Å². The van der Waals surface area contributed by atoms with Crippen molar-refractivity contribution in [1.82, 2.24) is 4.90 Å². The summed E-state index contributed by atoms with van der Waals surface area (Å²) in [5, 5.41) is 12.3. The number of halogens is 2.